The molecule has 1 aliphatic rings. The number of methoxy groups -OCH3 is 1. The molecule has 1 aromatic rings. The van der Waals surface area contributed by atoms with Crippen molar-refractivity contribution in [1.29, 1.82) is 0 Å². The molecule has 0 amide bonds. The van der Waals surface area contributed by atoms with E-state index in [0.717, 1.165) is 23.3 Å². The van der Waals surface area contributed by atoms with Gasteiger partial charge in [-0.15, -0.1) is 0 Å². The van der Waals surface area contributed by atoms with Gasteiger partial charge in [0.1, 0.15) is 24.1 Å². The Morgan fingerprint density at radius 3 is 2.37 bits per heavy atom. The molecule has 2 rings (SSSR count). The Hall–Kier alpha value is -1.36. The van der Waals surface area contributed by atoms with Crippen LogP contribution in [0.15, 0.2) is 35.9 Å². The van der Waals surface area contributed by atoms with Gasteiger partial charge in [0.25, 0.3) is 0 Å². The van der Waals surface area contributed by atoms with Crippen molar-refractivity contribution in [2.45, 2.75) is 38.3 Å². The second-order valence-electron chi connectivity index (χ2n) is 4.65. The Bertz CT molecular complexity index is 438. The Morgan fingerprint density at radius 1 is 1.16 bits per heavy atom. The third-order valence-electron chi connectivity index (χ3n) is 3.43. The molecule has 0 aromatic heterocycles. The second kappa shape index (κ2) is 6.19. The minimum absolute atomic E-state index is 0.395. The van der Waals surface area contributed by atoms with E-state index < -0.39 is 18.3 Å². The van der Waals surface area contributed by atoms with Crippen LogP contribution in [0.1, 0.15) is 18.9 Å². The number of rotatable bonds is 5. The summed E-state index contributed by atoms with van der Waals surface area (Å²) >= 11 is 0. The van der Waals surface area contributed by atoms with Crippen molar-refractivity contribution in [3.63, 3.8) is 0 Å². The van der Waals surface area contributed by atoms with Crippen molar-refractivity contribution in [2.24, 2.45) is 0 Å². The minimum Gasteiger partial charge on any atom is -0.497 e. The minimum atomic E-state index is -0.867. The molecule has 1 aromatic carbocycles. The molecule has 0 bridgehead atoms. The average Bonchev–Trinajstić information content (AvgIpc) is 2.73. The molecule has 0 saturated carbocycles. The lowest BCUT2D eigenvalue weighted by molar-refractivity contribution is -0.0512. The van der Waals surface area contributed by atoms with Crippen LogP contribution in [0.4, 0.5) is 0 Å². The predicted octanol–water partition coefficient (Wildman–Crippen LogP) is 1.65. The van der Waals surface area contributed by atoms with Crippen LogP contribution in [0.5, 0.6) is 5.75 Å². The van der Waals surface area contributed by atoms with Crippen molar-refractivity contribution in [3.05, 3.63) is 41.5 Å². The number of hydrogen-bond acceptors (Lipinski definition) is 4. The zero-order chi connectivity index (χ0) is 13.8. The summed E-state index contributed by atoms with van der Waals surface area (Å²) in [5, 5.41) is 19.7. The molecule has 3 atom stereocenters. The molecule has 104 valence electrons. The van der Waals surface area contributed by atoms with Gasteiger partial charge in [0.2, 0.25) is 0 Å². The zero-order valence-corrected chi connectivity index (χ0v) is 11.2. The third-order valence-corrected chi connectivity index (χ3v) is 3.43. The van der Waals surface area contributed by atoms with Crippen LogP contribution in [-0.2, 0) is 11.3 Å². The zero-order valence-electron chi connectivity index (χ0n) is 11.2. The molecule has 0 radical (unpaired) electrons. The number of aliphatic hydroxyl groups excluding tert-OH is 2. The molecular formula is C15H20O4. The van der Waals surface area contributed by atoms with Crippen LogP contribution in [0, 0.1) is 0 Å². The van der Waals surface area contributed by atoms with Gasteiger partial charge in [-0.1, -0.05) is 25.1 Å². The van der Waals surface area contributed by atoms with Crippen molar-refractivity contribution in [2.75, 3.05) is 7.11 Å². The van der Waals surface area contributed by atoms with E-state index in [1.165, 1.54) is 0 Å². The maximum absolute atomic E-state index is 9.87. The van der Waals surface area contributed by atoms with E-state index in [1.54, 1.807) is 7.11 Å². The molecule has 0 aliphatic heterocycles. The van der Waals surface area contributed by atoms with Gasteiger partial charge >= 0.3 is 0 Å². The highest BCUT2D eigenvalue weighted by Crippen LogP contribution is 2.25. The fourth-order valence-corrected chi connectivity index (χ4v) is 2.20. The van der Waals surface area contributed by atoms with Gasteiger partial charge in [-0.2, -0.15) is 0 Å². The summed E-state index contributed by atoms with van der Waals surface area (Å²) in [4.78, 5) is 0. The quantitative estimate of drug-likeness (QED) is 0.794. The molecule has 4 nitrogen and oxygen atoms in total. The van der Waals surface area contributed by atoms with Crippen molar-refractivity contribution >= 4 is 0 Å². The topological polar surface area (TPSA) is 58.9 Å². The molecule has 1 unspecified atom stereocenters. The molecule has 0 saturated heterocycles. The first-order valence-corrected chi connectivity index (χ1v) is 6.47. The molecule has 4 heteroatoms. The predicted molar refractivity (Wildman–Crippen MR) is 72.0 cm³/mol. The van der Waals surface area contributed by atoms with Gasteiger partial charge in [0.15, 0.2) is 0 Å². The lowest BCUT2D eigenvalue weighted by Crippen LogP contribution is -2.32. The molecule has 0 spiro atoms. The summed E-state index contributed by atoms with van der Waals surface area (Å²) in [5.41, 5.74) is 1.84. The lowest BCUT2D eigenvalue weighted by Gasteiger charge is -2.18. The van der Waals surface area contributed by atoms with Crippen molar-refractivity contribution in [3.8, 4) is 5.75 Å². The number of aliphatic hydroxyl groups is 2. The van der Waals surface area contributed by atoms with E-state index in [1.807, 2.05) is 37.3 Å². The van der Waals surface area contributed by atoms with E-state index >= 15 is 0 Å². The molecule has 0 heterocycles. The summed E-state index contributed by atoms with van der Waals surface area (Å²) in [6.45, 7) is 2.35. The Labute approximate surface area is 113 Å². The first-order chi connectivity index (χ1) is 9.15. The van der Waals surface area contributed by atoms with Gasteiger partial charge in [-0.05, 0) is 29.7 Å². The van der Waals surface area contributed by atoms with Crippen LogP contribution in [-0.4, -0.2) is 35.6 Å². The number of benzene rings is 1. The standard InChI is InChI=1S/C15H20O4/c1-3-11-8-13(15(17)14(11)16)19-9-10-4-6-12(18-2)7-5-10/h4-8,13-17H,3,9H2,1-2H3/t13-,14+,15?/m1/s1. The average molecular weight is 264 g/mol. The van der Waals surface area contributed by atoms with Gasteiger partial charge in [0.05, 0.1) is 13.7 Å². The summed E-state index contributed by atoms with van der Waals surface area (Å²) in [5.74, 6) is 0.799. The summed E-state index contributed by atoms with van der Waals surface area (Å²) in [6, 6.07) is 7.57. The van der Waals surface area contributed by atoms with Gasteiger partial charge in [-0.25, -0.2) is 0 Å². The highest BCUT2D eigenvalue weighted by atomic mass is 16.5. The van der Waals surface area contributed by atoms with E-state index in [0.29, 0.717) is 6.61 Å². The summed E-state index contributed by atoms with van der Waals surface area (Å²) < 4.78 is 10.7. The first kappa shape index (κ1) is 14.1. The fourth-order valence-electron chi connectivity index (χ4n) is 2.20. The van der Waals surface area contributed by atoms with Crippen LogP contribution in [0.3, 0.4) is 0 Å². The smallest absolute Gasteiger partial charge is 0.118 e. The number of ether oxygens (including phenoxy) is 2. The lowest BCUT2D eigenvalue weighted by atomic mass is 10.1. The normalized spacial score (nSPS) is 26.3. The second-order valence-corrected chi connectivity index (χ2v) is 4.65. The van der Waals surface area contributed by atoms with E-state index in [4.69, 9.17) is 9.47 Å². The van der Waals surface area contributed by atoms with Crippen LogP contribution in [0.2, 0.25) is 0 Å². The molecule has 2 N–H and O–H groups in total. The Morgan fingerprint density at radius 2 is 1.84 bits per heavy atom. The van der Waals surface area contributed by atoms with Crippen molar-refractivity contribution < 1.29 is 19.7 Å². The van der Waals surface area contributed by atoms with Crippen LogP contribution >= 0.6 is 0 Å². The molecular weight excluding hydrogens is 244 g/mol. The fraction of sp³-hybridized carbons (Fsp3) is 0.467. The molecule has 19 heavy (non-hydrogen) atoms. The van der Waals surface area contributed by atoms with Crippen LogP contribution in [0.25, 0.3) is 0 Å². The van der Waals surface area contributed by atoms with Crippen molar-refractivity contribution in [1.82, 2.24) is 0 Å². The monoisotopic (exact) mass is 264 g/mol. The van der Waals surface area contributed by atoms with Crippen LogP contribution < -0.4 is 4.74 Å². The van der Waals surface area contributed by atoms with E-state index in [9.17, 15) is 10.2 Å². The largest absolute Gasteiger partial charge is 0.497 e. The summed E-state index contributed by atoms with van der Waals surface area (Å²) in [7, 11) is 1.62. The highest BCUT2D eigenvalue weighted by molar-refractivity contribution is 5.27. The Kier molecular flexibility index (Phi) is 4.58. The number of hydrogen-bond donors (Lipinski definition) is 2. The maximum atomic E-state index is 9.87. The SMILES string of the molecule is CCC1=C[C@@H](OCc2ccc(OC)cc2)C(O)[C@H]1O. The van der Waals surface area contributed by atoms with Gasteiger partial charge in [-0.3, -0.25) is 0 Å². The third kappa shape index (κ3) is 3.15. The molecule has 0 fully saturated rings. The Balaban J connectivity index is 1.93. The van der Waals surface area contributed by atoms with Gasteiger partial charge in [0, 0.05) is 0 Å². The molecule has 1 aliphatic carbocycles. The first-order valence-electron chi connectivity index (χ1n) is 6.47. The summed E-state index contributed by atoms with van der Waals surface area (Å²) in [6.07, 6.45) is 0.436. The van der Waals surface area contributed by atoms with E-state index in [2.05, 4.69) is 0 Å². The maximum Gasteiger partial charge on any atom is 0.118 e. The van der Waals surface area contributed by atoms with Gasteiger partial charge < -0.3 is 19.7 Å². The highest BCUT2D eigenvalue weighted by Gasteiger charge is 2.34. The van der Waals surface area contributed by atoms with E-state index in [-0.39, 0.29) is 0 Å².